The van der Waals surface area contributed by atoms with Gasteiger partial charge in [0, 0.05) is 0 Å². The number of esters is 4. The largest absolute Gasteiger partial charge is 0.423 e. The minimum absolute atomic E-state index is 0.285. The molecule has 0 aromatic heterocycles. The minimum Gasteiger partial charge on any atom is -0.423 e. The third-order valence-corrected chi connectivity index (χ3v) is 7.19. The number of para-hydroxylation sites is 4. The van der Waals surface area contributed by atoms with Gasteiger partial charge in [0.05, 0.1) is 22.3 Å². The highest BCUT2D eigenvalue weighted by atomic mass is 16.5. The Morgan fingerprint density at radius 1 is 0.340 bits per heavy atom. The van der Waals surface area contributed by atoms with Crippen LogP contribution in [0.3, 0.4) is 0 Å². The zero-order chi connectivity index (χ0) is 35.3. The molecule has 0 heterocycles. The second-order valence-corrected chi connectivity index (χ2v) is 10.9. The number of hydrogen-bond donors (Lipinski definition) is 0. The molecule has 0 spiro atoms. The molecule has 6 rings (SSSR count). The summed E-state index contributed by atoms with van der Waals surface area (Å²) in [5.41, 5.74) is 3.00. The van der Waals surface area contributed by atoms with Gasteiger partial charge >= 0.3 is 23.9 Å². The Labute approximate surface area is 289 Å². The Hall–Kier alpha value is -6.80. The van der Waals surface area contributed by atoms with Crippen LogP contribution in [0.2, 0.25) is 0 Å². The summed E-state index contributed by atoms with van der Waals surface area (Å²) in [5.74, 6) is -0.0936. The van der Waals surface area contributed by atoms with E-state index in [1.165, 1.54) is 30.3 Å². The minimum atomic E-state index is -0.523. The van der Waals surface area contributed by atoms with Gasteiger partial charge in [-0.25, -0.2) is 19.2 Å². The van der Waals surface area contributed by atoms with Crippen molar-refractivity contribution in [2.75, 3.05) is 0 Å². The van der Waals surface area contributed by atoms with E-state index >= 15 is 0 Å². The maximum atomic E-state index is 12.4. The number of carbonyl (C=O) groups is 4. The van der Waals surface area contributed by atoms with Crippen LogP contribution in [0.25, 0.3) is 0 Å². The molecule has 8 heteroatoms. The first-order valence-electron chi connectivity index (χ1n) is 15.6. The van der Waals surface area contributed by atoms with Crippen LogP contribution >= 0.6 is 0 Å². The Kier molecular flexibility index (Phi) is 11.6. The lowest BCUT2D eigenvalue weighted by Crippen LogP contribution is -2.13. The Morgan fingerprint density at radius 3 is 1.06 bits per heavy atom. The van der Waals surface area contributed by atoms with E-state index in [1.807, 2.05) is 50.2 Å². The normalized spacial score (nSPS) is 10.1. The number of benzene rings is 6. The number of hydrogen-bond acceptors (Lipinski definition) is 8. The lowest BCUT2D eigenvalue weighted by molar-refractivity contribution is 0.0720. The lowest BCUT2D eigenvalue weighted by atomic mass is 10.1. The third kappa shape index (κ3) is 9.62. The van der Waals surface area contributed by atoms with Crippen LogP contribution in [0.5, 0.6) is 23.0 Å². The van der Waals surface area contributed by atoms with Crippen LogP contribution in [-0.2, 0) is 0 Å². The SMILES string of the molecule is Cc1ccccc1OC(=O)c1cccc(C(=O)Oc2ccccc2C)c1.O=C(Oc1ccccc1)c1ccc(C(=O)Oc2ccccc2)cc1. The van der Waals surface area contributed by atoms with Crippen molar-refractivity contribution >= 4 is 23.9 Å². The van der Waals surface area contributed by atoms with Crippen LogP contribution in [0.15, 0.2) is 158 Å². The molecule has 0 bridgehead atoms. The van der Waals surface area contributed by atoms with Gasteiger partial charge in [-0.15, -0.1) is 0 Å². The topological polar surface area (TPSA) is 105 Å². The van der Waals surface area contributed by atoms with E-state index in [0.717, 1.165) is 11.1 Å². The molecule has 0 atom stereocenters. The van der Waals surface area contributed by atoms with E-state index in [2.05, 4.69) is 0 Å². The van der Waals surface area contributed by atoms with Gasteiger partial charge in [0.25, 0.3) is 0 Å². The highest BCUT2D eigenvalue weighted by molar-refractivity contribution is 5.97. The number of carbonyl (C=O) groups excluding carboxylic acids is 4. The van der Waals surface area contributed by atoms with Gasteiger partial charge in [-0.05, 0) is 104 Å². The zero-order valence-corrected chi connectivity index (χ0v) is 27.3. The molecule has 0 unspecified atom stereocenters. The monoisotopic (exact) mass is 664 g/mol. The van der Waals surface area contributed by atoms with E-state index < -0.39 is 23.9 Å². The predicted octanol–water partition coefficient (Wildman–Crippen LogP) is 8.87. The van der Waals surface area contributed by atoms with E-state index in [1.54, 1.807) is 91.0 Å². The van der Waals surface area contributed by atoms with Crippen molar-refractivity contribution < 1.29 is 38.1 Å². The Bertz CT molecular complexity index is 1940. The maximum Gasteiger partial charge on any atom is 0.343 e. The van der Waals surface area contributed by atoms with Gasteiger partial charge in [0.2, 0.25) is 0 Å². The Balaban J connectivity index is 0.000000195. The highest BCUT2D eigenvalue weighted by Gasteiger charge is 2.16. The van der Waals surface area contributed by atoms with E-state index in [4.69, 9.17) is 18.9 Å². The summed E-state index contributed by atoms with van der Waals surface area (Å²) >= 11 is 0. The molecule has 6 aromatic rings. The zero-order valence-electron chi connectivity index (χ0n) is 27.3. The lowest BCUT2D eigenvalue weighted by Gasteiger charge is -2.09. The first-order valence-corrected chi connectivity index (χ1v) is 15.6. The fourth-order valence-corrected chi connectivity index (χ4v) is 4.48. The highest BCUT2D eigenvalue weighted by Crippen LogP contribution is 2.21. The van der Waals surface area contributed by atoms with E-state index in [0.29, 0.717) is 34.1 Å². The molecule has 0 N–H and O–H groups in total. The number of rotatable bonds is 8. The molecule has 8 nitrogen and oxygen atoms in total. The molecule has 6 aromatic carbocycles. The van der Waals surface area contributed by atoms with Gasteiger partial charge in [0.1, 0.15) is 23.0 Å². The standard InChI is InChI=1S/C22H18O4.C20H14O4/c1-15-8-3-5-12-19(15)25-21(23)17-10-7-11-18(14-17)22(24)26-20-13-6-4-9-16(20)2;21-19(23-17-7-3-1-4-8-17)15-11-13-16(14-12-15)20(22)24-18-9-5-2-6-10-18/h3-14H,1-2H3;1-14H. The van der Waals surface area contributed by atoms with Gasteiger partial charge in [-0.2, -0.15) is 0 Å². The van der Waals surface area contributed by atoms with Crippen molar-refractivity contribution in [2.45, 2.75) is 13.8 Å². The molecular weight excluding hydrogens is 632 g/mol. The molecule has 50 heavy (non-hydrogen) atoms. The number of aryl methyl sites for hydroxylation is 2. The van der Waals surface area contributed by atoms with Crippen LogP contribution in [0.1, 0.15) is 52.6 Å². The quantitative estimate of drug-likeness (QED) is 0.117. The van der Waals surface area contributed by atoms with Gasteiger partial charge in [0.15, 0.2) is 0 Å². The van der Waals surface area contributed by atoms with Gasteiger partial charge in [-0.3, -0.25) is 0 Å². The van der Waals surface area contributed by atoms with Crippen molar-refractivity contribution in [1.29, 1.82) is 0 Å². The molecule has 0 aliphatic carbocycles. The molecule has 0 aliphatic rings. The first-order chi connectivity index (χ1) is 24.3. The van der Waals surface area contributed by atoms with Crippen LogP contribution < -0.4 is 18.9 Å². The van der Waals surface area contributed by atoms with Crippen LogP contribution in [0, 0.1) is 13.8 Å². The van der Waals surface area contributed by atoms with E-state index in [-0.39, 0.29) is 11.1 Å². The molecule has 248 valence electrons. The molecule has 0 saturated carbocycles. The summed E-state index contributed by atoms with van der Waals surface area (Å²) in [6.07, 6.45) is 0. The van der Waals surface area contributed by atoms with Gasteiger partial charge < -0.3 is 18.9 Å². The summed E-state index contributed by atoms with van der Waals surface area (Å²) in [6.45, 7) is 3.72. The fraction of sp³-hybridized carbons (Fsp3) is 0.0476. The summed E-state index contributed by atoms with van der Waals surface area (Å²) in [5, 5.41) is 0. The molecular formula is C42H32O8. The van der Waals surface area contributed by atoms with Crippen molar-refractivity contribution in [2.24, 2.45) is 0 Å². The summed E-state index contributed by atoms with van der Waals surface area (Å²) < 4.78 is 21.3. The smallest absolute Gasteiger partial charge is 0.343 e. The fourth-order valence-electron chi connectivity index (χ4n) is 4.48. The van der Waals surface area contributed by atoms with Crippen LogP contribution in [0.4, 0.5) is 0 Å². The molecule has 0 amide bonds. The molecule has 0 saturated heterocycles. The third-order valence-electron chi connectivity index (χ3n) is 7.19. The van der Waals surface area contributed by atoms with E-state index in [9.17, 15) is 19.2 Å². The van der Waals surface area contributed by atoms with Crippen molar-refractivity contribution in [3.05, 3.63) is 191 Å². The van der Waals surface area contributed by atoms with Crippen molar-refractivity contribution in [3.8, 4) is 23.0 Å². The predicted molar refractivity (Wildman–Crippen MR) is 188 cm³/mol. The average Bonchev–Trinajstić information content (AvgIpc) is 3.14. The average molecular weight is 665 g/mol. The number of ether oxygens (including phenoxy) is 4. The summed E-state index contributed by atoms with van der Waals surface area (Å²) in [7, 11) is 0. The van der Waals surface area contributed by atoms with Gasteiger partial charge in [-0.1, -0.05) is 78.9 Å². The summed E-state index contributed by atoms with van der Waals surface area (Å²) in [4.78, 5) is 48.9. The Morgan fingerprint density at radius 2 is 0.680 bits per heavy atom. The van der Waals surface area contributed by atoms with Crippen molar-refractivity contribution in [1.82, 2.24) is 0 Å². The van der Waals surface area contributed by atoms with Crippen LogP contribution in [-0.4, -0.2) is 23.9 Å². The molecule has 0 radical (unpaired) electrons. The second kappa shape index (κ2) is 16.9. The second-order valence-electron chi connectivity index (χ2n) is 10.9. The first kappa shape index (κ1) is 34.5. The summed E-state index contributed by atoms with van der Waals surface area (Å²) in [6, 6.07) is 44.5. The van der Waals surface area contributed by atoms with Crippen molar-refractivity contribution in [3.63, 3.8) is 0 Å². The maximum absolute atomic E-state index is 12.4. The molecule has 0 aliphatic heterocycles. The molecule has 0 fully saturated rings.